The zero-order valence-corrected chi connectivity index (χ0v) is 11.6. The average Bonchev–Trinajstić information content (AvgIpc) is 2.44. The van der Waals surface area contributed by atoms with Gasteiger partial charge in [0.15, 0.2) is 0 Å². The van der Waals surface area contributed by atoms with Gasteiger partial charge in [0.1, 0.15) is 5.69 Å². The zero-order valence-electron chi connectivity index (χ0n) is 11.6. The van der Waals surface area contributed by atoms with Crippen molar-refractivity contribution in [2.45, 2.75) is 20.4 Å². The second-order valence-corrected chi connectivity index (χ2v) is 5.07. The van der Waals surface area contributed by atoms with Gasteiger partial charge in [-0.25, -0.2) is 4.98 Å². The van der Waals surface area contributed by atoms with Crippen molar-refractivity contribution in [3.63, 3.8) is 0 Å². The standard InChI is InChI=1S/C17H16N2O/c1-12-6-5-7-14(10-12)11-19-16-9-4-3-8-15(16)18-13(2)17(19)20/h3-10H,11H2,1-2H3. The van der Waals surface area contributed by atoms with Crippen molar-refractivity contribution < 1.29 is 0 Å². The van der Waals surface area contributed by atoms with Crippen LogP contribution in [-0.2, 0) is 6.54 Å². The van der Waals surface area contributed by atoms with Gasteiger partial charge in [-0.05, 0) is 31.5 Å². The molecule has 3 nitrogen and oxygen atoms in total. The molecule has 0 aliphatic rings. The van der Waals surface area contributed by atoms with Crippen LogP contribution < -0.4 is 5.56 Å². The van der Waals surface area contributed by atoms with Crippen LogP contribution in [-0.4, -0.2) is 9.55 Å². The minimum Gasteiger partial charge on any atom is -0.301 e. The molecule has 1 heterocycles. The van der Waals surface area contributed by atoms with E-state index in [-0.39, 0.29) is 5.56 Å². The topological polar surface area (TPSA) is 34.9 Å². The summed E-state index contributed by atoms with van der Waals surface area (Å²) in [6.45, 7) is 4.40. The van der Waals surface area contributed by atoms with Gasteiger partial charge in [-0.1, -0.05) is 42.0 Å². The van der Waals surface area contributed by atoms with Gasteiger partial charge in [0.25, 0.3) is 5.56 Å². The maximum atomic E-state index is 12.4. The lowest BCUT2D eigenvalue weighted by molar-refractivity contribution is 0.775. The molecule has 0 atom stereocenters. The number of hydrogen-bond acceptors (Lipinski definition) is 2. The second-order valence-electron chi connectivity index (χ2n) is 5.07. The smallest absolute Gasteiger partial charge is 0.272 e. The SMILES string of the molecule is Cc1cccc(Cn2c(=O)c(C)nc3ccccc32)c1. The molecule has 0 spiro atoms. The van der Waals surface area contributed by atoms with Gasteiger partial charge < -0.3 is 4.57 Å². The minimum atomic E-state index is -0.0230. The summed E-state index contributed by atoms with van der Waals surface area (Å²) in [6.07, 6.45) is 0. The molecule has 1 aromatic heterocycles. The lowest BCUT2D eigenvalue weighted by atomic mass is 10.1. The Labute approximate surface area is 117 Å². The summed E-state index contributed by atoms with van der Waals surface area (Å²) in [7, 11) is 0. The normalized spacial score (nSPS) is 10.9. The van der Waals surface area contributed by atoms with E-state index in [2.05, 4.69) is 24.0 Å². The number of nitrogens with zero attached hydrogens (tertiary/aromatic N) is 2. The van der Waals surface area contributed by atoms with E-state index < -0.39 is 0 Å². The molecule has 3 rings (SSSR count). The number of aromatic nitrogens is 2. The molecule has 0 saturated heterocycles. The van der Waals surface area contributed by atoms with E-state index >= 15 is 0 Å². The molecule has 100 valence electrons. The summed E-state index contributed by atoms with van der Waals surface area (Å²) in [5.41, 5.74) is 4.58. The zero-order chi connectivity index (χ0) is 14.1. The highest BCUT2D eigenvalue weighted by molar-refractivity contribution is 5.74. The monoisotopic (exact) mass is 264 g/mol. The molecule has 2 aromatic carbocycles. The summed E-state index contributed by atoms with van der Waals surface area (Å²) in [4.78, 5) is 16.7. The quantitative estimate of drug-likeness (QED) is 0.713. The van der Waals surface area contributed by atoms with E-state index in [9.17, 15) is 4.79 Å². The molecule has 0 saturated carbocycles. The number of aryl methyl sites for hydroxylation is 2. The van der Waals surface area contributed by atoms with Gasteiger partial charge in [-0.2, -0.15) is 0 Å². The van der Waals surface area contributed by atoms with Crippen LogP contribution >= 0.6 is 0 Å². The third kappa shape index (κ3) is 2.23. The summed E-state index contributed by atoms with van der Waals surface area (Å²) < 4.78 is 1.80. The second kappa shape index (κ2) is 4.93. The molecule has 0 amide bonds. The van der Waals surface area contributed by atoms with Crippen LogP contribution in [0.1, 0.15) is 16.8 Å². The van der Waals surface area contributed by atoms with Crippen LogP contribution in [0.15, 0.2) is 53.3 Å². The highest BCUT2D eigenvalue weighted by atomic mass is 16.1. The molecule has 0 fully saturated rings. The fourth-order valence-electron chi connectivity index (χ4n) is 2.47. The van der Waals surface area contributed by atoms with Crippen LogP contribution in [0.4, 0.5) is 0 Å². The average molecular weight is 264 g/mol. The first-order chi connectivity index (χ1) is 9.65. The maximum absolute atomic E-state index is 12.4. The van der Waals surface area contributed by atoms with E-state index in [1.807, 2.05) is 36.4 Å². The molecule has 20 heavy (non-hydrogen) atoms. The number of fused-ring (bicyclic) bond motifs is 1. The molecule has 3 aromatic rings. The van der Waals surface area contributed by atoms with Crippen LogP contribution in [0, 0.1) is 13.8 Å². The Kier molecular flexibility index (Phi) is 3.11. The Balaban J connectivity index is 2.20. The predicted octanol–water partition coefficient (Wildman–Crippen LogP) is 3.06. The van der Waals surface area contributed by atoms with Gasteiger partial charge in [0.2, 0.25) is 0 Å². The summed E-state index contributed by atoms with van der Waals surface area (Å²) in [5.74, 6) is 0. The highest BCUT2D eigenvalue weighted by Crippen LogP contribution is 2.12. The van der Waals surface area contributed by atoms with Crippen molar-refractivity contribution in [3.05, 3.63) is 75.7 Å². The summed E-state index contributed by atoms with van der Waals surface area (Å²) in [5, 5.41) is 0. The summed E-state index contributed by atoms with van der Waals surface area (Å²) in [6, 6.07) is 16.0. The minimum absolute atomic E-state index is 0.0230. The predicted molar refractivity (Wildman–Crippen MR) is 81.0 cm³/mol. The Hall–Kier alpha value is -2.42. The van der Waals surface area contributed by atoms with Gasteiger partial charge in [0.05, 0.1) is 17.6 Å². The molecule has 0 aliphatic carbocycles. The van der Waals surface area contributed by atoms with Crippen LogP contribution in [0.2, 0.25) is 0 Å². The fraction of sp³-hybridized carbons (Fsp3) is 0.176. The summed E-state index contributed by atoms with van der Waals surface area (Å²) >= 11 is 0. The Morgan fingerprint density at radius 3 is 2.65 bits per heavy atom. The van der Waals surface area contributed by atoms with Crippen molar-refractivity contribution in [3.8, 4) is 0 Å². The number of hydrogen-bond donors (Lipinski definition) is 0. The third-order valence-electron chi connectivity index (χ3n) is 3.44. The van der Waals surface area contributed by atoms with Crippen molar-refractivity contribution in [2.75, 3.05) is 0 Å². The molecule has 0 radical (unpaired) electrons. The molecule has 0 aliphatic heterocycles. The van der Waals surface area contributed by atoms with Crippen LogP contribution in [0.3, 0.4) is 0 Å². The van der Waals surface area contributed by atoms with E-state index in [0.717, 1.165) is 16.6 Å². The Morgan fingerprint density at radius 2 is 1.85 bits per heavy atom. The first-order valence-electron chi connectivity index (χ1n) is 6.67. The number of rotatable bonds is 2. The number of benzene rings is 2. The number of para-hydroxylation sites is 2. The third-order valence-corrected chi connectivity index (χ3v) is 3.44. The van der Waals surface area contributed by atoms with Crippen molar-refractivity contribution in [1.82, 2.24) is 9.55 Å². The van der Waals surface area contributed by atoms with Crippen molar-refractivity contribution >= 4 is 11.0 Å². The maximum Gasteiger partial charge on any atom is 0.272 e. The molecule has 3 heteroatoms. The van der Waals surface area contributed by atoms with Crippen LogP contribution in [0.5, 0.6) is 0 Å². The van der Waals surface area contributed by atoms with E-state index in [0.29, 0.717) is 12.2 Å². The molecule has 0 unspecified atom stereocenters. The van der Waals surface area contributed by atoms with Crippen molar-refractivity contribution in [1.29, 1.82) is 0 Å². The molecular formula is C17H16N2O. The van der Waals surface area contributed by atoms with E-state index in [1.54, 1.807) is 11.5 Å². The van der Waals surface area contributed by atoms with Crippen molar-refractivity contribution in [2.24, 2.45) is 0 Å². The largest absolute Gasteiger partial charge is 0.301 e. The Morgan fingerprint density at radius 1 is 1.05 bits per heavy atom. The van der Waals surface area contributed by atoms with E-state index in [4.69, 9.17) is 0 Å². The van der Waals surface area contributed by atoms with E-state index in [1.165, 1.54) is 5.56 Å². The first kappa shape index (κ1) is 12.6. The lowest BCUT2D eigenvalue weighted by Gasteiger charge is -2.11. The fourth-order valence-corrected chi connectivity index (χ4v) is 2.47. The Bertz CT molecular complexity index is 834. The van der Waals surface area contributed by atoms with Crippen LogP contribution in [0.25, 0.3) is 11.0 Å². The van der Waals surface area contributed by atoms with Gasteiger partial charge >= 0.3 is 0 Å². The first-order valence-corrected chi connectivity index (χ1v) is 6.67. The molecular weight excluding hydrogens is 248 g/mol. The molecule has 0 bridgehead atoms. The van der Waals surface area contributed by atoms with Gasteiger partial charge in [-0.3, -0.25) is 4.79 Å². The lowest BCUT2D eigenvalue weighted by Crippen LogP contribution is -2.24. The van der Waals surface area contributed by atoms with Gasteiger partial charge in [0, 0.05) is 0 Å². The molecule has 0 N–H and O–H groups in total. The highest BCUT2D eigenvalue weighted by Gasteiger charge is 2.08. The van der Waals surface area contributed by atoms with Gasteiger partial charge in [-0.15, -0.1) is 0 Å².